The van der Waals surface area contributed by atoms with Gasteiger partial charge in [0, 0.05) is 39.3 Å². The number of hydrogen-bond donors (Lipinski definition) is 3. The van der Waals surface area contributed by atoms with Gasteiger partial charge in [0.05, 0.1) is 41.0 Å². The number of rotatable bonds is 5. The molecule has 0 radical (unpaired) electrons. The number of carbonyl (C=O) groups is 1. The minimum absolute atomic E-state index is 0.202. The molecule has 0 aliphatic rings. The molecule has 0 fully saturated rings. The maximum atomic E-state index is 12.6. The van der Waals surface area contributed by atoms with E-state index in [4.69, 9.17) is 4.98 Å². The predicted octanol–water partition coefficient (Wildman–Crippen LogP) is 5.94. The molecule has 0 unspecified atom stereocenters. The summed E-state index contributed by atoms with van der Waals surface area (Å²) in [6.07, 6.45) is 8.66. The van der Waals surface area contributed by atoms with Crippen molar-refractivity contribution in [1.29, 1.82) is 0 Å². The molecular weight excluding hydrogens is 496 g/mol. The van der Waals surface area contributed by atoms with Crippen molar-refractivity contribution < 1.29 is 4.79 Å². The van der Waals surface area contributed by atoms with Crippen LogP contribution in [0.15, 0.2) is 91.0 Å². The topological polar surface area (TPSA) is 125 Å². The lowest BCUT2D eigenvalue weighted by molar-refractivity contribution is 0.102. The fourth-order valence-electron chi connectivity index (χ4n) is 4.35. The van der Waals surface area contributed by atoms with Crippen LogP contribution in [0.3, 0.4) is 0 Å². The number of nitrogens with zero attached hydrogens (tertiary/aromatic N) is 5. The van der Waals surface area contributed by atoms with Gasteiger partial charge in [-0.15, -0.1) is 11.3 Å². The summed E-state index contributed by atoms with van der Waals surface area (Å²) in [6.45, 7) is 0. The summed E-state index contributed by atoms with van der Waals surface area (Å²) in [7, 11) is 0. The van der Waals surface area contributed by atoms with Gasteiger partial charge in [-0.05, 0) is 35.7 Å². The minimum atomic E-state index is -0.202. The second kappa shape index (κ2) is 9.02. The third-order valence-corrected chi connectivity index (χ3v) is 7.08. The number of amides is 1. The Hall–Kier alpha value is -5.22. The highest BCUT2D eigenvalue weighted by Crippen LogP contribution is 2.33. The third-order valence-electron chi connectivity index (χ3n) is 6.18. The summed E-state index contributed by atoms with van der Waals surface area (Å²) in [5, 5.41) is 13.4. The third kappa shape index (κ3) is 3.89. The first-order chi connectivity index (χ1) is 18.7. The maximum absolute atomic E-state index is 12.6. The highest BCUT2D eigenvalue weighted by Gasteiger charge is 2.17. The highest BCUT2D eigenvalue weighted by molar-refractivity contribution is 7.13. The van der Waals surface area contributed by atoms with Crippen molar-refractivity contribution in [3.05, 3.63) is 96.5 Å². The summed E-state index contributed by atoms with van der Waals surface area (Å²) in [4.78, 5) is 35.2. The van der Waals surface area contributed by atoms with Crippen LogP contribution in [0.1, 0.15) is 10.4 Å². The van der Waals surface area contributed by atoms with E-state index in [1.54, 1.807) is 48.3 Å². The second-order valence-corrected chi connectivity index (χ2v) is 9.56. The Bertz CT molecular complexity index is 1930. The molecule has 10 heteroatoms. The molecule has 0 atom stereocenters. The van der Waals surface area contributed by atoms with Crippen molar-refractivity contribution in [2.24, 2.45) is 0 Å². The molecule has 38 heavy (non-hydrogen) atoms. The van der Waals surface area contributed by atoms with Gasteiger partial charge in [-0.1, -0.05) is 24.3 Å². The quantitative estimate of drug-likeness (QED) is 0.261. The van der Waals surface area contributed by atoms with E-state index in [-0.39, 0.29) is 5.91 Å². The Morgan fingerprint density at radius 3 is 2.66 bits per heavy atom. The zero-order valence-electron chi connectivity index (χ0n) is 19.7. The summed E-state index contributed by atoms with van der Waals surface area (Å²) in [5.74, 6) is 0.433. The van der Waals surface area contributed by atoms with Crippen LogP contribution in [0, 0.1) is 0 Å². The van der Waals surface area contributed by atoms with Gasteiger partial charge in [-0.25, -0.2) is 4.98 Å². The van der Waals surface area contributed by atoms with Crippen LogP contribution in [-0.4, -0.2) is 41.0 Å². The van der Waals surface area contributed by atoms with E-state index >= 15 is 0 Å². The van der Waals surface area contributed by atoms with Crippen LogP contribution in [0.25, 0.3) is 55.2 Å². The lowest BCUT2D eigenvalue weighted by atomic mass is 10.1. The van der Waals surface area contributed by atoms with Gasteiger partial charge in [0.15, 0.2) is 5.82 Å². The molecule has 1 amide bonds. The molecule has 6 heterocycles. The number of aromatic nitrogens is 7. The summed E-state index contributed by atoms with van der Waals surface area (Å²) in [6, 6.07) is 16.9. The van der Waals surface area contributed by atoms with E-state index in [9.17, 15) is 4.79 Å². The molecule has 0 saturated heterocycles. The largest absolute Gasteiger partial charge is 0.335 e. The molecule has 7 rings (SSSR count). The van der Waals surface area contributed by atoms with Crippen molar-refractivity contribution in [1.82, 2.24) is 35.1 Å². The Morgan fingerprint density at radius 2 is 1.79 bits per heavy atom. The standard InChI is InChI=1S/C28H18N8OS/c37-28(16-5-2-1-3-6-16)32-18-9-17(11-29-12-18)21-10-19-22(15-31-21)35-36-26(19)27-33-23-14-30-13-20(25(23)34-27)24-7-4-8-38-24/h1-15H,(H,32,37)(H,33,34)(H,35,36). The van der Waals surface area contributed by atoms with Crippen LogP contribution >= 0.6 is 11.3 Å². The minimum Gasteiger partial charge on any atom is -0.335 e. The number of imidazole rings is 1. The number of anilines is 1. The van der Waals surface area contributed by atoms with E-state index in [1.165, 1.54) is 0 Å². The zero-order valence-corrected chi connectivity index (χ0v) is 20.5. The Labute approximate surface area is 219 Å². The first-order valence-electron chi connectivity index (χ1n) is 11.8. The molecule has 0 saturated carbocycles. The zero-order chi connectivity index (χ0) is 25.5. The highest BCUT2D eigenvalue weighted by atomic mass is 32.1. The number of carbonyl (C=O) groups excluding carboxylic acids is 1. The summed E-state index contributed by atoms with van der Waals surface area (Å²) in [5.41, 5.74) is 6.72. The van der Waals surface area contributed by atoms with E-state index in [0.717, 1.165) is 37.9 Å². The van der Waals surface area contributed by atoms with Gasteiger partial charge in [-0.3, -0.25) is 24.8 Å². The van der Waals surface area contributed by atoms with Crippen molar-refractivity contribution >= 4 is 44.9 Å². The molecule has 1 aromatic carbocycles. The average Bonchev–Trinajstić information content (AvgIpc) is 3.73. The number of benzene rings is 1. The van der Waals surface area contributed by atoms with Crippen LogP contribution in [0.4, 0.5) is 5.69 Å². The molecule has 6 aromatic heterocycles. The van der Waals surface area contributed by atoms with Crippen molar-refractivity contribution in [3.63, 3.8) is 0 Å². The van der Waals surface area contributed by atoms with E-state index in [1.807, 2.05) is 48.0 Å². The normalized spacial score (nSPS) is 11.3. The van der Waals surface area contributed by atoms with Gasteiger partial charge in [0.1, 0.15) is 11.2 Å². The first-order valence-corrected chi connectivity index (χ1v) is 12.6. The number of aromatic amines is 2. The smallest absolute Gasteiger partial charge is 0.255 e. The van der Waals surface area contributed by atoms with Crippen molar-refractivity contribution in [2.45, 2.75) is 0 Å². The molecule has 3 N–H and O–H groups in total. The number of thiophene rings is 1. The monoisotopic (exact) mass is 514 g/mol. The summed E-state index contributed by atoms with van der Waals surface area (Å²) >= 11 is 1.65. The molecule has 182 valence electrons. The van der Waals surface area contributed by atoms with Gasteiger partial charge in [0.25, 0.3) is 5.91 Å². The molecule has 0 aliphatic carbocycles. The first kappa shape index (κ1) is 22.0. The van der Waals surface area contributed by atoms with Gasteiger partial charge < -0.3 is 10.3 Å². The number of nitrogens with one attached hydrogen (secondary N) is 3. The molecule has 9 nitrogen and oxygen atoms in total. The van der Waals surface area contributed by atoms with Gasteiger partial charge >= 0.3 is 0 Å². The van der Waals surface area contributed by atoms with E-state index < -0.39 is 0 Å². The Kier molecular flexibility index (Phi) is 5.22. The van der Waals surface area contributed by atoms with Crippen LogP contribution in [0.5, 0.6) is 0 Å². The second-order valence-electron chi connectivity index (χ2n) is 8.62. The van der Waals surface area contributed by atoms with Crippen LogP contribution < -0.4 is 5.32 Å². The lowest BCUT2D eigenvalue weighted by Gasteiger charge is -2.07. The van der Waals surface area contributed by atoms with E-state index in [0.29, 0.717) is 28.5 Å². The van der Waals surface area contributed by atoms with Gasteiger partial charge in [0.2, 0.25) is 0 Å². The fourth-order valence-corrected chi connectivity index (χ4v) is 5.09. The molecule has 0 aliphatic heterocycles. The number of H-pyrrole nitrogens is 2. The van der Waals surface area contributed by atoms with Crippen molar-refractivity contribution in [2.75, 3.05) is 5.32 Å². The van der Waals surface area contributed by atoms with E-state index in [2.05, 4.69) is 41.5 Å². The van der Waals surface area contributed by atoms with Gasteiger partial charge in [-0.2, -0.15) is 5.10 Å². The Balaban J connectivity index is 1.25. The predicted molar refractivity (Wildman–Crippen MR) is 148 cm³/mol. The number of pyridine rings is 3. The molecule has 7 aromatic rings. The molecular formula is C28H18N8OS. The number of hydrogen-bond acceptors (Lipinski definition) is 7. The lowest BCUT2D eigenvalue weighted by Crippen LogP contribution is -2.11. The van der Waals surface area contributed by atoms with Crippen LogP contribution in [-0.2, 0) is 0 Å². The number of fused-ring (bicyclic) bond motifs is 2. The molecule has 0 bridgehead atoms. The Morgan fingerprint density at radius 1 is 0.895 bits per heavy atom. The van der Waals surface area contributed by atoms with Crippen LogP contribution in [0.2, 0.25) is 0 Å². The maximum Gasteiger partial charge on any atom is 0.255 e. The molecule has 0 spiro atoms. The van der Waals surface area contributed by atoms with Crippen molar-refractivity contribution in [3.8, 4) is 33.2 Å². The SMILES string of the molecule is O=C(Nc1cncc(-c2cc3c(-c4nc5c(-c6cccs6)cncc5[nH]4)n[nH]c3cn2)c1)c1ccccc1. The average molecular weight is 515 g/mol. The summed E-state index contributed by atoms with van der Waals surface area (Å²) < 4.78 is 0. The fraction of sp³-hybridized carbons (Fsp3) is 0.